The Kier molecular flexibility index (Phi) is 2.59. The van der Waals surface area contributed by atoms with Crippen molar-refractivity contribution in [3.05, 3.63) is 34.0 Å². The minimum absolute atomic E-state index is 0.108. The second-order valence-electron chi connectivity index (χ2n) is 2.88. The van der Waals surface area contributed by atoms with Crippen LogP contribution in [0.15, 0.2) is 22.6 Å². The molecule has 0 unspecified atom stereocenters. The van der Waals surface area contributed by atoms with E-state index >= 15 is 0 Å². The number of carbonyl (C=O) groups is 1. The van der Waals surface area contributed by atoms with Gasteiger partial charge in [0.1, 0.15) is 5.58 Å². The van der Waals surface area contributed by atoms with Gasteiger partial charge in [0.25, 0.3) is 0 Å². The van der Waals surface area contributed by atoms with Crippen molar-refractivity contribution in [2.24, 2.45) is 0 Å². The van der Waals surface area contributed by atoms with Crippen LogP contribution < -0.4 is 0 Å². The van der Waals surface area contributed by atoms with E-state index in [1.54, 1.807) is 12.1 Å². The molecule has 0 amide bonds. The largest absolute Gasteiger partial charge is 0.463 e. The molecule has 2 rings (SSSR count). The van der Waals surface area contributed by atoms with E-state index in [2.05, 4.69) is 4.74 Å². The van der Waals surface area contributed by atoms with Crippen molar-refractivity contribution in [2.45, 2.75) is 0 Å². The van der Waals surface area contributed by atoms with Crippen molar-refractivity contribution in [3.63, 3.8) is 0 Å². The van der Waals surface area contributed by atoms with Gasteiger partial charge >= 0.3 is 5.97 Å². The number of ether oxygens (including phenoxy) is 1. The van der Waals surface area contributed by atoms with E-state index in [0.717, 1.165) is 0 Å². The first-order valence-corrected chi connectivity index (χ1v) is 4.85. The number of benzene rings is 1. The van der Waals surface area contributed by atoms with Gasteiger partial charge in [0.2, 0.25) is 5.76 Å². The third-order valence-electron chi connectivity index (χ3n) is 1.97. The first-order valence-electron chi connectivity index (χ1n) is 4.09. The van der Waals surface area contributed by atoms with Gasteiger partial charge in [-0.25, -0.2) is 4.79 Å². The maximum atomic E-state index is 11.2. The van der Waals surface area contributed by atoms with Gasteiger partial charge in [0.15, 0.2) is 0 Å². The number of furan rings is 1. The standard InChI is InChI=1S/C10H6Cl2O3/c1-14-10(13)8-4-5-7(15-8)3-2-6(11)9(5)12/h2-4H,1H3. The second-order valence-corrected chi connectivity index (χ2v) is 3.66. The number of hydrogen-bond acceptors (Lipinski definition) is 3. The molecule has 0 saturated heterocycles. The molecule has 0 aliphatic heterocycles. The number of fused-ring (bicyclic) bond motifs is 1. The fourth-order valence-electron chi connectivity index (χ4n) is 1.25. The number of esters is 1. The van der Waals surface area contributed by atoms with Crippen molar-refractivity contribution in [3.8, 4) is 0 Å². The summed E-state index contributed by atoms with van der Waals surface area (Å²) in [5.74, 6) is -0.435. The van der Waals surface area contributed by atoms with Crippen molar-refractivity contribution < 1.29 is 13.9 Å². The first kappa shape index (κ1) is 10.3. The van der Waals surface area contributed by atoms with E-state index in [0.29, 0.717) is 21.0 Å². The van der Waals surface area contributed by atoms with Crippen LogP contribution in [0.4, 0.5) is 0 Å². The van der Waals surface area contributed by atoms with E-state index in [4.69, 9.17) is 27.6 Å². The number of methoxy groups -OCH3 is 1. The van der Waals surface area contributed by atoms with Crippen LogP contribution in [0.1, 0.15) is 10.6 Å². The van der Waals surface area contributed by atoms with Crippen LogP contribution in [0.25, 0.3) is 11.0 Å². The van der Waals surface area contributed by atoms with Crippen LogP contribution in [0.2, 0.25) is 10.0 Å². The maximum Gasteiger partial charge on any atom is 0.373 e. The zero-order valence-electron chi connectivity index (χ0n) is 7.71. The Balaban J connectivity index is 2.66. The fourth-order valence-corrected chi connectivity index (χ4v) is 1.63. The molecule has 0 bridgehead atoms. The molecular weight excluding hydrogens is 239 g/mol. The van der Waals surface area contributed by atoms with Crippen molar-refractivity contribution >= 4 is 40.1 Å². The average molecular weight is 245 g/mol. The molecule has 0 saturated carbocycles. The van der Waals surface area contributed by atoms with Crippen LogP contribution in [0.5, 0.6) is 0 Å². The molecule has 1 aromatic heterocycles. The van der Waals surface area contributed by atoms with Gasteiger partial charge in [-0.1, -0.05) is 23.2 Å². The fraction of sp³-hybridized carbons (Fsp3) is 0.100. The van der Waals surface area contributed by atoms with Gasteiger partial charge in [-0.2, -0.15) is 0 Å². The SMILES string of the molecule is COC(=O)c1cc2c(Cl)c(Cl)ccc2o1. The minimum atomic E-state index is -0.543. The number of rotatable bonds is 1. The molecule has 0 aliphatic carbocycles. The van der Waals surface area contributed by atoms with Gasteiger partial charge < -0.3 is 9.15 Å². The number of carbonyl (C=O) groups excluding carboxylic acids is 1. The average Bonchev–Trinajstić information content (AvgIpc) is 2.67. The zero-order valence-corrected chi connectivity index (χ0v) is 9.22. The normalized spacial score (nSPS) is 10.6. The molecule has 15 heavy (non-hydrogen) atoms. The molecule has 1 aromatic carbocycles. The summed E-state index contributed by atoms with van der Waals surface area (Å²) in [5.41, 5.74) is 0.504. The summed E-state index contributed by atoms with van der Waals surface area (Å²) < 4.78 is 9.77. The second kappa shape index (κ2) is 3.76. The van der Waals surface area contributed by atoms with Crippen LogP contribution in [-0.2, 0) is 4.74 Å². The monoisotopic (exact) mass is 244 g/mol. The lowest BCUT2D eigenvalue weighted by Gasteiger charge is -1.93. The van der Waals surface area contributed by atoms with E-state index in [1.807, 2.05) is 0 Å². The Morgan fingerprint density at radius 1 is 1.40 bits per heavy atom. The summed E-state index contributed by atoms with van der Waals surface area (Å²) in [6, 6.07) is 4.77. The topological polar surface area (TPSA) is 39.4 Å². The van der Waals surface area contributed by atoms with Crippen LogP contribution in [0.3, 0.4) is 0 Å². The molecule has 78 valence electrons. The van der Waals surface area contributed by atoms with Crippen LogP contribution in [0, 0.1) is 0 Å². The highest BCUT2D eigenvalue weighted by Crippen LogP contribution is 2.32. The Bertz CT molecular complexity index is 531. The van der Waals surface area contributed by atoms with E-state index < -0.39 is 5.97 Å². The molecule has 2 aromatic rings. The molecule has 0 aliphatic rings. The summed E-state index contributed by atoms with van der Waals surface area (Å²) in [6.07, 6.45) is 0. The minimum Gasteiger partial charge on any atom is -0.463 e. The lowest BCUT2D eigenvalue weighted by Crippen LogP contribution is -1.97. The zero-order chi connectivity index (χ0) is 11.0. The predicted octanol–water partition coefficient (Wildman–Crippen LogP) is 3.53. The molecule has 0 radical (unpaired) electrons. The van der Waals surface area contributed by atoms with E-state index in [9.17, 15) is 4.79 Å². The van der Waals surface area contributed by atoms with E-state index in [1.165, 1.54) is 13.2 Å². The summed E-state index contributed by atoms with van der Waals surface area (Å²) in [4.78, 5) is 11.2. The molecule has 0 N–H and O–H groups in total. The van der Waals surface area contributed by atoms with Gasteiger partial charge in [-0.05, 0) is 12.1 Å². The van der Waals surface area contributed by atoms with E-state index in [-0.39, 0.29) is 5.76 Å². The summed E-state index contributed by atoms with van der Waals surface area (Å²) in [7, 11) is 1.28. The van der Waals surface area contributed by atoms with Crippen LogP contribution in [-0.4, -0.2) is 13.1 Å². The highest BCUT2D eigenvalue weighted by Gasteiger charge is 2.15. The van der Waals surface area contributed by atoms with Crippen molar-refractivity contribution in [1.29, 1.82) is 0 Å². The maximum absolute atomic E-state index is 11.2. The van der Waals surface area contributed by atoms with Gasteiger partial charge in [-0.15, -0.1) is 0 Å². The lowest BCUT2D eigenvalue weighted by molar-refractivity contribution is 0.0567. The van der Waals surface area contributed by atoms with Gasteiger partial charge in [-0.3, -0.25) is 0 Å². The predicted molar refractivity (Wildman–Crippen MR) is 57.6 cm³/mol. The Morgan fingerprint density at radius 3 is 2.80 bits per heavy atom. The highest BCUT2D eigenvalue weighted by atomic mass is 35.5. The van der Waals surface area contributed by atoms with Crippen molar-refractivity contribution in [2.75, 3.05) is 7.11 Å². The van der Waals surface area contributed by atoms with Crippen molar-refractivity contribution in [1.82, 2.24) is 0 Å². The Hall–Kier alpha value is -1.19. The molecular formula is C10H6Cl2O3. The number of halogens is 2. The molecule has 0 fully saturated rings. The van der Waals surface area contributed by atoms with Crippen LogP contribution >= 0.6 is 23.2 Å². The molecule has 5 heteroatoms. The molecule has 0 atom stereocenters. The molecule has 1 heterocycles. The highest BCUT2D eigenvalue weighted by molar-refractivity contribution is 6.45. The molecule has 0 spiro atoms. The summed E-state index contributed by atoms with van der Waals surface area (Å²) in [5, 5.41) is 1.39. The lowest BCUT2D eigenvalue weighted by atomic mass is 10.2. The Labute approximate surface area is 95.5 Å². The molecule has 3 nitrogen and oxygen atoms in total. The smallest absolute Gasteiger partial charge is 0.373 e. The quantitative estimate of drug-likeness (QED) is 0.721. The summed E-state index contributed by atoms with van der Waals surface area (Å²) >= 11 is 11.8. The number of hydrogen-bond donors (Lipinski definition) is 0. The van der Waals surface area contributed by atoms with Gasteiger partial charge in [0.05, 0.1) is 17.2 Å². The Morgan fingerprint density at radius 2 is 2.13 bits per heavy atom. The third-order valence-corrected chi connectivity index (χ3v) is 2.79. The third kappa shape index (κ3) is 1.68. The summed E-state index contributed by atoms with van der Waals surface area (Å²) in [6.45, 7) is 0. The van der Waals surface area contributed by atoms with Gasteiger partial charge in [0, 0.05) is 11.5 Å². The first-order chi connectivity index (χ1) is 7.13.